The Morgan fingerprint density at radius 1 is 1.00 bits per heavy atom. The first-order valence-electron chi connectivity index (χ1n) is 11.1. The van der Waals surface area contributed by atoms with E-state index in [4.69, 9.17) is 9.47 Å². The molecular weight excluding hydrogens is 408 g/mol. The zero-order valence-corrected chi connectivity index (χ0v) is 18.8. The van der Waals surface area contributed by atoms with Crippen molar-refractivity contribution >= 4 is 11.8 Å². The normalized spacial score (nSPS) is 15.1. The summed E-state index contributed by atoms with van der Waals surface area (Å²) in [4.78, 5) is 29.0. The van der Waals surface area contributed by atoms with E-state index < -0.39 is 6.10 Å². The Balaban J connectivity index is 1.41. The van der Waals surface area contributed by atoms with E-state index in [1.54, 1.807) is 24.0 Å². The summed E-state index contributed by atoms with van der Waals surface area (Å²) in [6.07, 6.45) is 1.19. The van der Waals surface area contributed by atoms with Crippen LogP contribution in [-0.2, 0) is 9.59 Å². The number of aryl methyl sites for hydroxylation is 1. The molecule has 1 N–H and O–H groups in total. The van der Waals surface area contributed by atoms with E-state index in [0.717, 1.165) is 17.7 Å². The Morgan fingerprint density at radius 3 is 2.44 bits per heavy atom. The summed E-state index contributed by atoms with van der Waals surface area (Å²) < 4.78 is 11.5. The monoisotopic (exact) mass is 440 g/mol. The number of phenolic OH excluding ortho intramolecular Hbond substituents is 1. The third-order valence-electron chi connectivity index (χ3n) is 5.54. The van der Waals surface area contributed by atoms with E-state index >= 15 is 0 Å². The van der Waals surface area contributed by atoms with Crippen LogP contribution in [0.1, 0.15) is 31.7 Å². The molecule has 0 radical (unpaired) electrons. The molecule has 0 aliphatic carbocycles. The van der Waals surface area contributed by atoms with Crippen LogP contribution in [0.2, 0.25) is 0 Å². The van der Waals surface area contributed by atoms with Gasteiger partial charge in [-0.25, -0.2) is 0 Å². The number of hydrogen-bond acceptors (Lipinski definition) is 5. The smallest absolute Gasteiger partial charge is 0.263 e. The molecule has 172 valence electrons. The molecule has 2 amide bonds. The fourth-order valence-corrected chi connectivity index (χ4v) is 3.71. The number of hydrogen-bond donors (Lipinski definition) is 1. The van der Waals surface area contributed by atoms with Gasteiger partial charge >= 0.3 is 0 Å². The molecule has 0 saturated carbocycles. The standard InChI is InChI=1S/C25H32N2O5/c1-19-7-3-4-8-23(19)31-18-5-9-24(29)26-14-6-15-27(17-16-26)25(30)20(2)32-22-12-10-21(28)11-13-22/h3-4,7-8,10-13,20,28H,5-6,9,14-18H2,1-2H3. The van der Waals surface area contributed by atoms with Gasteiger partial charge in [0.15, 0.2) is 6.10 Å². The average molecular weight is 441 g/mol. The fourth-order valence-electron chi connectivity index (χ4n) is 3.71. The molecular formula is C25H32N2O5. The molecule has 0 bridgehead atoms. The van der Waals surface area contributed by atoms with Crippen LogP contribution < -0.4 is 9.47 Å². The van der Waals surface area contributed by atoms with Crippen LogP contribution in [0.15, 0.2) is 48.5 Å². The van der Waals surface area contributed by atoms with Crippen molar-refractivity contribution in [2.45, 2.75) is 39.2 Å². The van der Waals surface area contributed by atoms with Crippen molar-refractivity contribution in [1.29, 1.82) is 0 Å². The Labute approximate surface area is 189 Å². The Hall–Kier alpha value is -3.22. The SMILES string of the molecule is Cc1ccccc1OCCCC(=O)N1CCCN(C(=O)C(C)Oc2ccc(O)cc2)CC1. The van der Waals surface area contributed by atoms with Crippen molar-refractivity contribution in [3.05, 3.63) is 54.1 Å². The maximum Gasteiger partial charge on any atom is 0.263 e. The van der Waals surface area contributed by atoms with Crippen molar-refractivity contribution in [2.24, 2.45) is 0 Å². The minimum Gasteiger partial charge on any atom is -0.508 e. The highest BCUT2D eigenvalue weighted by atomic mass is 16.5. The summed E-state index contributed by atoms with van der Waals surface area (Å²) in [7, 11) is 0. The predicted molar refractivity (Wildman–Crippen MR) is 122 cm³/mol. The minimum atomic E-state index is -0.639. The number of carbonyl (C=O) groups excluding carboxylic acids is 2. The summed E-state index contributed by atoms with van der Waals surface area (Å²) in [5.74, 6) is 1.53. The van der Waals surface area contributed by atoms with Gasteiger partial charge in [-0.1, -0.05) is 18.2 Å². The first kappa shape index (κ1) is 23.4. The van der Waals surface area contributed by atoms with Crippen molar-refractivity contribution < 1.29 is 24.2 Å². The van der Waals surface area contributed by atoms with Gasteiger partial charge in [0.1, 0.15) is 17.2 Å². The highest BCUT2D eigenvalue weighted by molar-refractivity contribution is 5.81. The van der Waals surface area contributed by atoms with Crippen LogP contribution >= 0.6 is 0 Å². The zero-order valence-electron chi connectivity index (χ0n) is 18.8. The fraction of sp³-hybridized carbons (Fsp3) is 0.440. The lowest BCUT2D eigenvalue weighted by atomic mass is 10.2. The second-order valence-corrected chi connectivity index (χ2v) is 8.03. The van der Waals surface area contributed by atoms with Gasteiger partial charge in [-0.3, -0.25) is 9.59 Å². The number of amides is 2. The molecule has 0 spiro atoms. The number of ether oxygens (including phenoxy) is 2. The van der Waals surface area contributed by atoms with Crippen LogP contribution in [-0.4, -0.2) is 65.6 Å². The third-order valence-corrected chi connectivity index (χ3v) is 5.54. The Bertz CT molecular complexity index is 899. The predicted octanol–water partition coefficient (Wildman–Crippen LogP) is 3.39. The number of carbonyl (C=O) groups is 2. The molecule has 1 aliphatic rings. The maximum atomic E-state index is 12.8. The second-order valence-electron chi connectivity index (χ2n) is 8.03. The molecule has 1 saturated heterocycles. The zero-order chi connectivity index (χ0) is 22.9. The largest absolute Gasteiger partial charge is 0.508 e. The van der Waals surface area contributed by atoms with Crippen molar-refractivity contribution in [1.82, 2.24) is 9.80 Å². The molecule has 1 heterocycles. The summed E-state index contributed by atoms with van der Waals surface area (Å²) in [6.45, 7) is 6.49. The van der Waals surface area contributed by atoms with Crippen LogP contribution in [0.25, 0.3) is 0 Å². The number of aromatic hydroxyl groups is 1. The molecule has 1 atom stereocenters. The molecule has 7 nitrogen and oxygen atoms in total. The lowest BCUT2D eigenvalue weighted by Crippen LogP contribution is -2.43. The van der Waals surface area contributed by atoms with E-state index in [-0.39, 0.29) is 17.6 Å². The van der Waals surface area contributed by atoms with Gasteiger partial charge in [0.25, 0.3) is 5.91 Å². The number of phenols is 1. The topological polar surface area (TPSA) is 79.3 Å². The minimum absolute atomic E-state index is 0.0981. The van der Waals surface area contributed by atoms with Crippen LogP contribution in [0, 0.1) is 6.92 Å². The van der Waals surface area contributed by atoms with Gasteiger partial charge in [0, 0.05) is 32.6 Å². The highest BCUT2D eigenvalue weighted by Gasteiger charge is 2.26. The van der Waals surface area contributed by atoms with Gasteiger partial charge in [-0.2, -0.15) is 0 Å². The summed E-state index contributed by atoms with van der Waals surface area (Å²) >= 11 is 0. The molecule has 1 fully saturated rings. The Kier molecular flexibility index (Phi) is 8.36. The lowest BCUT2D eigenvalue weighted by molar-refractivity contribution is -0.138. The summed E-state index contributed by atoms with van der Waals surface area (Å²) in [5.41, 5.74) is 1.08. The van der Waals surface area contributed by atoms with Gasteiger partial charge in [0.05, 0.1) is 6.61 Å². The number of nitrogens with zero attached hydrogens (tertiary/aromatic N) is 2. The first-order valence-corrected chi connectivity index (χ1v) is 11.1. The molecule has 7 heteroatoms. The van der Waals surface area contributed by atoms with Crippen LogP contribution in [0.4, 0.5) is 0 Å². The van der Waals surface area contributed by atoms with Crippen molar-refractivity contribution in [3.8, 4) is 17.2 Å². The molecule has 3 rings (SSSR count). The van der Waals surface area contributed by atoms with E-state index in [1.807, 2.05) is 36.1 Å². The summed E-state index contributed by atoms with van der Waals surface area (Å²) in [5, 5.41) is 9.37. The van der Waals surface area contributed by atoms with Crippen LogP contribution in [0.3, 0.4) is 0 Å². The lowest BCUT2D eigenvalue weighted by Gasteiger charge is -2.25. The maximum absolute atomic E-state index is 12.8. The first-order chi connectivity index (χ1) is 15.4. The number of benzene rings is 2. The van der Waals surface area contributed by atoms with Gasteiger partial charge in [-0.15, -0.1) is 0 Å². The molecule has 32 heavy (non-hydrogen) atoms. The average Bonchev–Trinajstić information content (AvgIpc) is 3.05. The van der Waals surface area contributed by atoms with Gasteiger partial charge < -0.3 is 24.4 Å². The summed E-state index contributed by atoms with van der Waals surface area (Å²) in [6, 6.07) is 14.1. The van der Waals surface area contributed by atoms with E-state index in [0.29, 0.717) is 51.4 Å². The van der Waals surface area contributed by atoms with E-state index in [2.05, 4.69) is 0 Å². The third kappa shape index (κ3) is 6.64. The molecule has 2 aromatic rings. The molecule has 1 aliphatic heterocycles. The quantitative estimate of drug-likeness (QED) is 0.637. The van der Waals surface area contributed by atoms with Crippen LogP contribution in [0.5, 0.6) is 17.2 Å². The van der Waals surface area contributed by atoms with E-state index in [1.165, 1.54) is 12.1 Å². The highest BCUT2D eigenvalue weighted by Crippen LogP contribution is 2.19. The number of rotatable bonds is 8. The van der Waals surface area contributed by atoms with E-state index in [9.17, 15) is 14.7 Å². The van der Waals surface area contributed by atoms with Crippen molar-refractivity contribution in [3.63, 3.8) is 0 Å². The van der Waals surface area contributed by atoms with Gasteiger partial charge in [0.2, 0.25) is 5.91 Å². The Morgan fingerprint density at radius 2 is 1.69 bits per heavy atom. The second kappa shape index (κ2) is 11.4. The van der Waals surface area contributed by atoms with Crippen molar-refractivity contribution in [2.75, 3.05) is 32.8 Å². The van der Waals surface area contributed by atoms with Gasteiger partial charge in [-0.05, 0) is 62.6 Å². The molecule has 1 unspecified atom stereocenters. The molecule has 0 aromatic heterocycles. The number of para-hydroxylation sites is 1. The molecule has 2 aromatic carbocycles.